The molecule has 18 heavy (non-hydrogen) atoms. The number of halogens is 3. The number of imidazole rings is 1. The monoisotopic (exact) mass is 255 g/mol. The first-order valence-corrected chi connectivity index (χ1v) is 5.30. The van der Waals surface area contributed by atoms with Gasteiger partial charge in [0.2, 0.25) is 0 Å². The second kappa shape index (κ2) is 4.72. The van der Waals surface area contributed by atoms with E-state index in [0.717, 1.165) is 5.82 Å². The Bertz CT molecular complexity index is 534. The number of aryl methyl sites for hydroxylation is 1. The number of alkyl halides is 3. The molecule has 1 aromatic carbocycles. The van der Waals surface area contributed by atoms with E-state index in [1.54, 1.807) is 16.8 Å². The zero-order valence-electron chi connectivity index (χ0n) is 9.53. The number of hydrogen-bond donors (Lipinski definition) is 0. The summed E-state index contributed by atoms with van der Waals surface area (Å²) in [5.74, 6) is 0.468. The van der Waals surface area contributed by atoms with Crippen LogP contribution in [-0.2, 0) is 6.42 Å². The van der Waals surface area contributed by atoms with Gasteiger partial charge in [-0.3, -0.25) is 0 Å². The van der Waals surface area contributed by atoms with Gasteiger partial charge in [0, 0.05) is 18.7 Å². The summed E-state index contributed by atoms with van der Waals surface area (Å²) in [5, 5.41) is 0. The topological polar surface area (TPSA) is 27.1 Å². The van der Waals surface area contributed by atoms with Gasteiger partial charge in [-0.1, -0.05) is 13.0 Å². The first-order chi connectivity index (χ1) is 8.49. The van der Waals surface area contributed by atoms with Gasteiger partial charge in [-0.2, -0.15) is 0 Å². The Kier molecular flexibility index (Phi) is 3.27. The molecular weight excluding hydrogens is 245 g/mol. The molecule has 1 heterocycles. The minimum atomic E-state index is -4.69. The SMILES string of the molecule is CCc1n[c]cn1-c1cccc(OC(F)(F)F)c1. The van der Waals surface area contributed by atoms with Gasteiger partial charge in [-0.15, -0.1) is 13.2 Å². The summed E-state index contributed by atoms with van der Waals surface area (Å²) >= 11 is 0. The van der Waals surface area contributed by atoms with E-state index in [2.05, 4.69) is 15.9 Å². The smallest absolute Gasteiger partial charge is 0.406 e. The normalized spacial score (nSPS) is 11.6. The Hall–Kier alpha value is -1.98. The number of ether oxygens (including phenoxy) is 1. The predicted molar refractivity (Wildman–Crippen MR) is 58.5 cm³/mol. The third-order valence-electron chi connectivity index (χ3n) is 2.30. The molecule has 0 spiro atoms. The molecule has 6 heteroatoms. The molecule has 0 bridgehead atoms. The molecule has 0 aliphatic heterocycles. The predicted octanol–water partition coefficient (Wildman–Crippen LogP) is 3.13. The van der Waals surface area contributed by atoms with Crippen molar-refractivity contribution in [1.29, 1.82) is 0 Å². The van der Waals surface area contributed by atoms with Crippen LogP contribution in [0.4, 0.5) is 13.2 Å². The van der Waals surface area contributed by atoms with E-state index in [-0.39, 0.29) is 5.75 Å². The molecule has 0 saturated carbocycles. The van der Waals surface area contributed by atoms with E-state index in [1.807, 2.05) is 6.92 Å². The summed E-state index contributed by atoms with van der Waals surface area (Å²) in [4.78, 5) is 3.99. The zero-order chi connectivity index (χ0) is 13.2. The molecule has 3 nitrogen and oxygen atoms in total. The van der Waals surface area contributed by atoms with E-state index in [9.17, 15) is 13.2 Å². The van der Waals surface area contributed by atoms with Crippen LogP contribution >= 0.6 is 0 Å². The minimum Gasteiger partial charge on any atom is -0.406 e. The highest BCUT2D eigenvalue weighted by molar-refractivity contribution is 5.40. The van der Waals surface area contributed by atoms with E-state index in [4.69, 9.17) is 0 Å². The van der Waals surface area contributed by atoms with Gasteiger partial charge in [-0.05, 0) is 12.1 Å². The lowest BCUT2D eigenvalue weighted by atomic mass is 10.3. The summed E-state index contributed by atoms with van der Waals surface area (Å²) in [7, 11) is 0. The van der Waals surface area contributed by atoms with E-state index in [0.29, 0.717) is 12.1 Å². The van der Waals surface area contributed by atoms with Gasteiger partial charge in [0.05, 0.1) is 5.69 Å². The largest absolute Gasteiger partial charge is 0.573 e. The fraction of sp³-hybridized carbons (Fsp3) is 0.250. The van der Waals surface area contributed by atoms with Crippen molar-refractivity contribution in [3.63, 3.8) is 0 Å². The van der Waals surface area contributed by atoms with Crippen molar-refractivity contribution in [2.45, 2.75) is 19.7 Å². The van der Waals surface area contributed by atoms with Crippen LogP contribution < -0.4 is 4.74 Å². The standard InChI is InChI=1S/C12H10F3N2O/c1-2-11-16-6-7-17(11)9-4-3-5-10(8-9)18-12(13,14)15/h3-5,7-8H,2H2,1H3. The zero-order valence-corrected chi connectivity index (χ0v) is 9.53. The molecule has 2 rings (SSSR count). The number of aromatic nitrogens is 2. The fourth-order valence-corrected chi connectivity index (χ4v) is 1.59. The number of benzene rings is 1. The Morgan fingerprint density at radius 1 is 1.39 bits per heavy atom. The Morgan fingerprint density at radius 2 is 2.17 bits per heavy atom. The highest BCUT2D eigenvalue weighted by Gasteiger charge is 2.31. The van der Waals surface area contributed by atoms with E-state index >= 15 is 0 Å². The lowest BCUT2D eigenvalue weighted by molar-refractivity contribution is -0.274. The second-order valence-corrected chi connectivity index (χ2v) is 3.55. The van der Waals surface area contributed by atoms with Crippen LogP contribution in [0.5, 0.6) is 5.75 Å². The summed E-state index contributed by atoms with van der Waals surface area (Å²) in [6, 6.07) is 5.74. The summed E-state index contributed by atoms with van der Waals surface area (Å²) in [6.07, 6.45) is 0.214. The first kappa shape index (κ1) is 12.5. The molecule has 1 radical (unpaired) electrons. The van der Waals surface area contributed by atoms with E-state index < -0.39 is 6.36 Å². The average Bonchev–Trinajstić information content (AvgIpc) is 2.75. The quantitative estimate of drug-likeness (QED) is 0.842. The van der Waals surface area contributed by atoms with Crippen LogP contribution in [0.3, 0.4) is 0 Å². The fourth-order valence-electron chi connectivity index (χ4n) is 1.59. The molecule has 95 valence electrons. The van der Waals surface area contributed by atoms with Gasteiger partial charge in [0.25, 0.3) is 0 Å². The van der Waals surface area contributed by atoms with Crippen molar-refractivity contribution in [2.24, 2.45) is 0 Å². The van der Waals surface area contributed by atoms with Crippen molar-refractivity contribution in [1.82, 2.24) is 9.55 Å². The molecule has 0 unspecified atom stereocenters. The molecule has 0 N–H and O–H groups in total. The van der Waals surface area contributed by atoms with E-state index in [1.165, 1.54) is 18.2 Å². The van der Waals surface area contributed by atoms with Crippen LogP contribution in [0.2, 0.25) is 0 Å². The number of hydrogen-bond acceptors (Lipinski definition) is 2. The molecular formula is C12H10F3N2O. The maximum absolute atomic E-state index is 12.1. The van der Waals surface area contributed by atoms with Gasteiger partial charge in [-0.25, -0.2) is 4.98 Å². The van der Waals surface area contributed by atoms with Gasteiger partial charge in [0.15, 0.2) is 0 Å². The third kappa shape index (κ3) is 2.82. The van der Waals surface area contributed by atoms with Gasteiger partial charge in [0.1, 0.15) is 17.8 Å². The maximum Gasteiger partial charge on any atom is 0.573 e. The lowest BCUT2D eigenvalue weighted by Gasteiger charge is -2.11. The molecule has 1 aromatic heterocycles. The van der Waals surface area contributed by atoms with Crippen molar-refractivity contribution in [3.8, 4) is 11.4 Å². The molecule has 0 atom stereocenters. The van der Waals surface area contributed by atoms with Crippen molar-refractivity contribution >= 4 is 0 Å². The first-order valence-electron chi connectivity index (χ1n) is 5.30. The summed E-state index contributed by atoms with van der Waals surface area (Å²) < 4.78 is 41.9. The number of rotatable bonds is 3. The molecule has 0 fully saturated rings. The Labute approximate surface area is 102 Å². The average molecular weight is 255 g/mol. The second-order valence-electron chi connectivity index (χ2n) is 3.55. The highest BCUT2D eigenvalue weighted by atomic mass is 19.4. The highest BCUT2D eigenvalue weighted by Crippen LogP contribution is 2.25. The molecule has 0 aliphatic carbocycles. The third-order valence-corrected chi connectivity index (χ3v) is 2.30. The van der Waals surface area contributed by atoms with Crippen LogP contribution in [-0.4, -0.2) is 15.9 Å². The Morgan fingerprint density at radius 3 is 2.83 bits per heavy atom. The van der Waals surface area contributed by atoms with Gasteiger partial charge < -0.3 is 9.30 Å². The maximum atomic E-state index is 12.1. The molecule has 0 aliphatic rings. The Balaban J connectivity index is 2.33. The van der Waals surface area contributed by atoms with Crippen molar-refractivity contribution in [3.05, 3.63) is 42.5 Å². The molecule has 0 amide bonds. The van der Waals surface area contributed by atoms with Crippen molar-refractivity contribution in [2.75, 3.05) is 0 Å². The summed E-state index contributed by atoms with van der Waals surface area (Å²) in [5.41, 5.74) is 0.558. The van der Waals surface area contributed by atoms with Crippen molar-refractivity contribution < 1.29 is 17.9 Å². The lowest BCUT2D eigenvalue weighted by Crippen LogP contribution is -2.17. The van der Waals surface area contributed by atoms with Gasteiger partial charge >= 0.3 is 6.36 Å². The molecule has 0 saturated heterocycles. The molecule has 2 aromatic rings. The summed E-state index contributed by atoms with van der Waals surface area (Å²) in [6.45, 7) is 1.91. The number of nitrogens with zero attached hydrogens (tertiary/aromatic N) is 2. The van der Waals surface area contributed by atoms with Crippen LogP contribution in [0, 0.1) is 6.20 Å². The van der Waals surface area contributed by atoms with Crippen LogP contribution in [0.15, 0.2) is 30.5 Å². The van der Waals surface area contributed by atoms with Crippen LogP contribution in [0.25, 0.3) is 5.69 Å². The van der Waals surface area contributed by atoms with Crippen LogP contribution in [0.1, 0.15) is 12.7 Å². The minimum absolute atomic E-state index is 0.254.